The number of aryl methyl sites for hydroxylation is 1. The fourth-order valence-corrected chi connectivity index (χ4v) is 1.66. The van der Waals surface area contributed by atoms with E-state index in [1.54, 1.807) is 11.6 Å². The van der Waals surface area contributed by atoms with Gasteiger partial charge in [0.25, 0.3) is 0 Å². The second-order valence-electron chi connectivity index (χ2n) is 3.95. The second-order valence-corrected chi connectivity index (χ2v) is 3.95. The predicted octanol–water partition coefficient (Wildman–Crippen LogP) is 1.64. The van der Waals surface area contributed by atoms with Gasteiger partial charge in [0.1, 0.15) is 5.69 Å². The first-order valence-electron chi connectivity index (χ1n) is 5.65. The van der Waals surface area contributed by atoms with Crippen molar-refractivity contribution in [1.82, 2.24) is 9.78 Å². The van der Waals surface area contributed by atoms with Gasteiger partial charge in [0.2, 0.25) is 5.43 Å². The summed E-state index contributed by atoms with van der Waals surface area (Å²) in [6.45, 7) is 1.77. The summed E-state index contributed by atoms with van der Waals surface area (Å²) in [7, 11) is 0. The first-order valence-corrected chi connectivity index (χ1v) is 5.65. The molecule has 0 unspecified atom stereocenters. The molecule has 0 spiro atoms. The fourth-order valence-electron chi connectivity index (χ4n) is 1.66. The molecule has 1 aromatic carbocycles. The van der Waals surface area contributed by atoms with Gasteiger partial charge < -0.3 is 5.11 Å². The maximum atomic E-state index is 11.7. The molecule has 0 fully saturated rings. The molecule has 0 atom stereocenters. The van der Waals surface area contributed by atoms with Crippen molar-refractivity contribution in [2.75, 3.05) is 0 Å². The molecular weight excluding hydrogens is 244 g/mol. The summed E-state index contributed by atoms with van der Waals surface area (Å²) in [4.78, 5) is 22.2. The highest BCUT2D eigenvalue weighted by Crippen LogP contribution is 2.08. The van der Waals surface area contributed by atoms with E-state index in [9.17, 15) is 9.59 Å². The molecule has 2 rings (SSSR count). The lowest BCUT2D eigenvalue weighted by Gasteiger charge is -2.09. The highest BCUT2D eigenvalue weighted by atomic mass is 16.4. The average Bonchev–Trinajstić information content (AvgIpc) is 2.38. The van der Waals surface area contributed by atoms with Crippen LogP contribution in [-0.4, -0.2) is 20.9 Å². The van der Waals surface area contributed by atoms with Crippen LogP contribution in [0.4, 0.5) is 0 Å². The smallest absolute Gasteiger partial charge is 0.328 e. The Hall–Kier alpha value is -2.69. The molecule has 0 saturated carbocycles. The van der Waals surface area contributed by atoms with E-state index in [0.717, 1.165) is 11.8 Å². The highest BCUT2D eigenvalue weighted by molar-refractivity contribution is 5.84. The van der Waals surface area contributed by atoms with Crippen molar-refractivity contribution >= 4 is 12.0 Å². The van der Waals surface area contributed by atoms with E-state index in [1.807, 2.05) is 30.3 Å². The van der Waals surface area contributed by atoms with E-state index >= 15 is 0 Å². The quantitative estimate of drug-likeness (QED) is 0.847. The number of aromatic nitrogens is 2. The lowest BCUT2D eigenvalue weighted by molar-refractivity contribution is -0.131. The van der Waals surface area contributed by atoms with Gasteiger partial charge in [-0.2, -0.15) is 5.10 Å². The number of rotatable bonds is 3. The summed E-state index contributed by atoms with van der Waals surface area (Å²) in [5.41, 5.74) is 1.28. The molecule has 1 aromatic heterocycles. The van der Waals surface area contributed by atoms with E-state index in [-0.39, 0.29) is 11.1 Å². The summed E-state index contributed by atoms with van der Waals surface area (Å²) in [5.74, 6) is -1.12. The molecule has 1 heterocycles. The molecule has 0 saturated heterocycles. The lowest BCUT2D eigenvalue weighted by atomic mass is 10.2. The number of carboxylic acid groups (broad SMARTS) is 1. The highest BCUT2D eigenvalue weighted by Gasteiger charge is 2.05. The van der Waals surface area contributed by atoms with Crippen LogP contribution in [0.25, 0.3) is 11.8 Å². The van der Waals surface area contributed by atoms with E-state index in [4.69, 9.17) is 5.11 Å². The van der Waals surface area contributed by atoms with E-state index < -0.39 is 5.97 Å². The summed E-state index contributed by atoms with van der Waals surface area (Å²) in [5, 5.41) is 12.8. The summed E-state index contributed by atoms with van der Waals surface area (Å²) in [6.07, 6.45) is 2.10. The number of para-hydroxylation sites is 1. The van der Waals surface area contributed by atoms with Crippen LogP contribution in [0.15, 0.2) is 47.3 Å². The van der Waals surface area contributed by atoms with Gasteiger partial charge in [-0.3, -0.25) is 4.79 Å². The van der Waals surface area contributed by atoms with Crippen molar-refractivity contribution in [3.63, 3.8) is 0 Å². The molecule has 5 nitrogen and oxygen atoms in total. The average molecular weight is 256 g/mol. The first kappa shape index (κ1) is 12.8. The van der Waals surface area contributed by atoms with Crippen LogP contribution in [0.2, 0.25) is 0 Å². The van der Waals surface area contributed by atoms with Gasteiger partial charge in [-0.1, -0.05) is 18.2 Å². The van der Waals surface area contributed by atoms with Crippen molar-refractivity contribution in [3.05, 3.63) is 64.1 Å². The third-order valence-corrected chi connectivity index (χ3v) is 2.52. The van der Waals surface area contributed by atoms with Gasteiger partial charge in [-0.25, -0.2) is 9.48 Å². The van der Waals surface area contributed by atoms with Crippen molar-refractivity contribution in [3.8, 4) is 5.69 Å². The Balaban J connectivity index is 2.55. The van der Waals surface area contributed by atoms with Gasteiger partial charge in [-0.05, 0) is 25.1 Å². The minimum Gasteiger partial charge on any atom is -0.478 e. The molecule has 2 aromatic rings. The zero-order valence-corrected chi connectivity index (χ0v) is 10.3. The zero-order valence-electron chi connectivity index (χ0n) is 10.3. The van der Waals surface area contributed by atoms with Crippen LogP contribution in [0.1, 0.15) is 11.4 Å². The Morgan fingerprint density at radius 1 is 1.32 bits per heavy atom. The van der Waals surface area contributed by atoms with E-state index in [1.165, 1.54) is 12.1 Å². The summed E-state index contributed by atoms with van der Waals surface area (Å²) < 4.78 is 1.60. The maximum Gasteiger partial charge on any atom is 0.328 e. The van der Waals surface area contributed by atoms with Crippen molar-refractivity contribution in [2.45, 2.75) is 6.92 Å². The van der Waals surface area contributed by atoms with Gasteiger partial charge in [0.15, 0.2) is 0 Å². The SMILES string of the molecule is Cc1cc(=O)c(/C=C/C(=O)O)nn1-c1ccccc1. The molecule has 1 N–H and O–H groups in total. The van der Waals surface area contributed by atoms with E-state index in [0.29, 0.717) is 5.69 Å². The first-order chi connectivity index (χ1) is 9.08. The summed E-state index contributed by atoms with van der Waals surface area (Å²) >= 11 is 0. The largest absolute Gasteiger partial charge is 0.478 e. The molecule has 0 amide bonds. The van der Waals surface area contributed by atoms with Gasteiger partial charge >= 0.3 is 5.97 Å². The minimum absolute atomic E-state index is 0.0943. The third-order valence-electron chi connectivity index (χ3n) is 2.52. The van der Waals surface area contributed by atoms with Crippen molar-refractivity contribution < 1.29 is 9.90 Å². The molecule has 0 aliphatic carbocycles. The van der Waals surface area contributed by atoms with Crippen LogP contribution in [0.3, 0.4) is 0 Å². The van der Waals surface area contributed by atoms with E-state index in [2.05, 4.69) is 5.10 Å². The summed E-state index contributed by atoms with van der Waals surface area (Å²) in [6, 6.07) is 10.8. The normalized spacial score (nSPS) is 10.8. The fraction of sp³-hybridized carbons (Fsp3) is 0.0714. The topological polar surface area (TPSA) is 72.2 Å². The molecule has 0 aliphatic rings. The Morgan fingerprint density at radius 3 is 2.63 bits per heavy atom. The van der Waals surface area contributed by atoms with Gasteiger partial charge in [-0.15, -0.1) is 0 Å². The Bertz CT molecular complexity index is 688. The van der Waals surface area contributed by atoms with Crippen LogP contribution in [-0.2, 0) is 4.79 Å². The van der Waals surface area contributed by atoms with Crippen LogP contribution in [0.5, 0.6) is 0 Å². The molecule has 96 valence electrons. The minimum atomic E-state index is -1.12. The number of nitrogens with zero attached hydrogens (tertiary/aromatic N) is 2. The molecular formula is C14H12N2O3. The number of carboxylic acids is 1. The van der Waals surface area contributed by atoms with Crippen LogP contribution < -0.4 is 5.43 Å². The van der Waals surface area contributed by atoms with Gasteiger partial charge in [0.05, 0.1) is 5.69 Å². The number of hydrogen-bond donors (Lipinski definition) is 1. The second kappa shape index (κ2) is 5.30. The number of aliphatic carboxylic acids is 1. The standard InChI is InChI=1S/C14H12N2O3/c1-10-9-13(17)12(7-8-14(18)19)15-16(10)11-5-3-2-4-6-11/h2-9H,1H3,(H,18,19)/b8-7+. The Labute approximate surface area is 109 Å². The third kappa shape index (κ3) is 2.95. The van der Waals surface area contributed by atoms with Crippen molar-refractivity contribution in [2.24, 2.45) is 0 Å². The van der Waals surface area contributed by atoms with Gasteiger partial charge in [0, 0.05) is 17.8 Å². The number of hydrogen-bond acceptors (Lipinski definition) is 3. The molecule has 19 heavy (non-hydrogen) atoms. The van der Waals surface area contributed by atoms with Crippen molar-refractivity contribution in [1.29, 1.82) is 0 Å². The maximum absolute atomic E-state index is 11.7. The number of benzene rings is 1. The number of carbonyl (C=O) groups is 1. The zero-order chi connectivity index (χ0) is 13.8. The molecule has 0 bridgehead atoms. The molecule has 5 heteroatoms. The molecule has 0 radical (unpaired) electrons. The monoisotopic (exact) mass is 256 g/mol. The lowest BCUT2D eigenvalue weighted by Crippen LogP contribution is -2.16. The predicted molar refractivity (Wildman–Crippen MR) is 71.2 cm³/mol. The van der Waals surface area contributed by atoms with Crippen LogP contribution in [0, 0.1) is 6.92 Å². The Kier molecular flexibility index (Phi) is 3.56. The Morgan fingerprint density at radius 2 is 2.00 bits per heavy atom. The molecule has 0 aliphatic heterocycles. The van der Waals surface area contributed by atoms with Crippen LogP contribution >= 0.6 is 0 Å².